The van der Waals surface area contributed by atoms with Crippen LogP contribution in [0.25, 0.3) is 0 Å². The van der Waals surface area contributed by atoms with E-state index in [0.29, 0.717) is 31.0 Å². The first-order valence-electron chi connectivity index (χ1n) is 5.39. The maximum Gasteiger partial charge on any atom is 0.238 e. The lowest BCUT2D eigenvalue weighted by Gasteiger charge is -2.42. The minimum atomic E-state index is -0.945. The third-order valence-corrected chi connectivity index (χ3v) is 2.83. The van der Waals surface area contributed by atoms with E-state index in [2.05, 4.69) is 9.97 Å². The molecule has 5 nitrogen and oxygen atoms in total. The molecule has 1 aromatic rings. The van der Waals surface area contributed by atoms with Crippen molar-refractivity contribution in [3.8, 4) is 5.88 Å². The lowest BCUT2D eigenvalue weighted by atomic mass is 9.75. The molecule has 0 unspecified atom stereocenters. The number of hydrogen-bond acceptors (Lipinski definition) is 5. The number of aliphatic hydroxyl groups is 1. The molecule has 2 rings (SSSR count). The van der Waals surface area contributed by atoms with Crippen LogP contribution in [0, 0.1) is 0 Å². The SMILES string of the molecule is CCOC1CC(O)(c2nccnc2OC)C1. The van der Waals surface area contributed by atoms with Gasteiger partial charge in [0.05, 0.1) is 13.2 Å². The summed E-state index contributed by atoms with van der Waals surface area (Å²) in [7, 11) is 1.52. The Morgan fingerprint density at radius 3 is 2.75 bits per heavy atom. The number of nitrogens with zero attached hydrogens (tertiary/aromatic N) is 2. The maximum absolute atomic E-state index is 10.3. The average Bonchev–Trinajstić information content (AvgIpc) is 2.27. The molecule has 0 spiro atoms. The fourth-order valence-corrected chi connectivity index (χ4v) is 2.03. The van der Waals surface area contributed by atoms with Crippen LogP contribution in [0.2, 0.25) is 0 Å². The second-order valence-electron chi connectivity index (χ2n) is 3.93. The molecule has 1 aliphatic rings. The van der Waals surface area contributed by atoms with E-state index in [1.54, 1.807) is 12.4 Å². The summed E-state index contributed by atoms with van der Waals surface area (Å²) in [5, 5.41) is 10.3. The van der Waals surface area contributed by atoms with Crippen molar-refractivity contribution in [1.82, 2.24) is 9.97 Å². The van der Waals surface area contributed by atoms with Crippen molar-refractivity contribution in [2.75, 3.05) is 13.7 Å². The van der Waals surface area contributed by atoms with E-state index in [-0.39, 0.29) is 6.10 Å². The molecular weight excluding hydrogens is 208 g/mol. The number of ether oxygens (including phenoxy) is 2. The van der Waals surface area contributed by atoms with Crippen molar-refractivity contribution < 1.29 is 14.6 Å². The molecule has 0 aromatic carbocycles. The summed E-state index contributed by atoms with van der Waals surface area (Å²) >= 11 is 0. The quantitative estimate of drug-likeness (QED) is 0.822. The van der Waals surface area contributed by atoms with Gasteiger partial charge in [0.15, 0.2) is 0 Å². The number of methoxy groups -OCH3 is 1. The van der Waals surface area contributed by atoms with Crippen LogP contribution in [0.4, 0.5) is 0 Å². The van der Waals surface area contributed by atoms with Crippen LogP contribution in [-0.4, -0.2) is 34.9 Å². The number of rotatable bonds is 4. The van der Waals surface area contributed by atoms with Crippen LogP contribution in [0.5, 0.6) is 5.88 Å². The summed E-state index contributed by atoms with van der Waals surface area (Å²) in [4.78, 5) is 8.18. The molecule has 0 amide bonds. The van der Waals surface area contributed by atoms with Crippen molar-refractivity contribution in [3.63, 3.8) is 0 Å². The Balaban J connectivity index is 2.13. The van der Waals surface area contributed by atoms with Gasteiger partial charge in [-0.2, -0.15) is 0 Å². The summed E-state index contributed by atoms with van der Waals surface area (Å²) in [6.07, 6.45) is 4.32. The fraction of sp³-hybridized carbons (Fsp3) is 0.636. The highest BCUT2D eigenvalue weighted by Gasteiger charge is 2.47. The summed E-state index contributed by atoms with van der Waals surface area (Å²) in [5.41, 5.74) is -0.437. The van der Waals surface area contributed by atoms with Crippen LogP contribution in [0.15, 0.2) is 12.4 Å². The Morgan fingerprint density at radius 1 is 1.44 bits per heavy atom. The largest absolute Gasteiger partial charge is 0.480 e. The molecule has 5 heteroatoms. The highest BCUT2D eigenvalue weighted by Crippen LogP contribution is 2.44. The molecule has 0 radical (unpaired) electrons. The molecule has 0 bridgehead atoms. The molecule has 88 valence electrons. The van der Waals surface area contributed by atoms with Gasteiger partial charge in [-0.3, -0.25) is 4.98 Å². The fourth-order valence-electron chi connectivity index (χ4n) is 2.03. The van der Waals surface area contributed by atoms with Gasteiger partial charge in [0.2, 0.25) is 5.88 Å². The third kappa shape index (κ3) is 1.88. The van der Waals surface area contributed by atoms with Crippen molar-refractivity contribution >= 4 is 0 Å². The van der Waals surface area contributed by atoms with E-state index >= 15 is 0 Å². The normalized spacial score (nSPS) is 28.6. The monoisotopic (exact) mass is 224 g/mol. The molecule has 0 atom stereocenters. The van der Waals surface area contributed by atoms with Gasteiger partial charge in [0, 0.05) is 31.8 Å². The van der Waals surface area contributed by atoms with Gasteiger partial charge >= 0.3 is 0 Å². The molecule has 1 aromatic heterocycles. The molecule has 1 saturated carbocycles. The summed E-state index contributed by atoms with van der Waals surface area (Å²) < 4.78 is 10.5. The second kappa shape index (κ2) is 4.35. The Labute approximate surface area is 94.4 Å². The highest BCUT2D eigenvalue weighted by molar-refractivity contribution is 5.27. The van der Waals surface area contributed by atoms with Gasteiger partial charge in [-0.1, -0.05) is 0 Å². The molecule has 16 heavy (non-hydrogen) atoms. The molecule has 1 aliphatic carbocycles. The van der Waals surface area contributed by atoms with E-state index in [9.17, 15) is 5.11 Å². The Hall–Kier alpha value is -1.20. The first-order valence-corrected chi connectivity index (χ1v) is 5.39. The van der Waals surface area contributed by atoms with Crippen molar-refractivity contribution in [1.29, 1.82) is 0 Å². The molecule has 0 saturated heterocycles. The van der Waals surface area contributed by atoms with Crippen LogP contribution < -0.4 is 4.74 Å². The van der Waals surface area contributed by atoms with Crippen LogP contribution in [0.1, 0.15) is 25.5 Å². The smallest absolute Gasteiger partial charge is 0.238 e. The van der Waals surface area contributed by atoms with E-state index in [1.165, 1.54) is 7.11 Å². The predicted octanol–water partition coefficient (Wildman–Crippen LogP) is 0.872. The average molecular weight is 224 g/mol. The summed E-state index contributed by atoms with van der Waals surface area (Å²) in [6, 6.07) is 0. The Bertz CT molecular complexity index is 364. The molecule has 1 heterocycles. The standard InChI is InChI=1S/C11H16N2O3/c1-3-16-8-6-11(14,7-8)9-10(15-2)13-5-4-12-9/h4-5,8,14H,3,6-7H2,1-2H3. The first-order chi connectivity index (χ1) is 7.69. The topological polar surface area (TPSA) is 64.5 Å². The summed E-state index contributed by atoms with van der Waals surface area (Å²) in [5.74, 6) is 0.389. The van der Waals surface area contributed by atoms with Gasteiger partial charge < -0.3 is 14.6 Å². The van der Waals surface area contributed by atoms with Crippen molar-refractivity contribution in [2.24, 2.45) is 0 Å². The van der Waals surface area contributed by atoms with E-state index in [1.807, 2.05) is 6.92 Å². The van der Waals surface area contributed by atoms with Crippen molar-refractivity contribution in [3.05, 3.63) is 18.1 Å². The summed E-state index contributed by atoms with van der Waals surface area (Å²) in [6.45, 7) is 2.61. The first kappa shape index (κ1) is 11.3. The van der Waals surface area contributed by atoms with E-state index in [4.69, 9.17) is 9.47 Å². The van der Waals surface area contributed by atoms with Gasteiger partial charge in [0.1, 0.15) is 11.3 Å². The third-order valence-electron chi connectivity index (χ3n) is 2.83. The molecule has 0 aliphatic heterocycles. The molecular formula is C11H16N2O3. The lowest BCUT2D eigenvalue weighted by Crippen LogP contribution is -2.46. The Morgan fingerprint density at radius 2 is 2.12 bits per heavy atom. The predicted molar refractivity (Wildman–Crippen MR) is 57.1 cm³/mol. The zero-order valence-electron chi connectivity index (χ0n) is 9.51. The van der Waals surface area contributed by atoms with Gasteiger partial charge in [-0.15, -0.1) is 0 Å². The zero-order valence-corrected chi connectivity index (χ0v) is 9.51. The molecule has 1 fully saturated rings. The zero-order chi connectivity index (χ0) is 11.6. The minimum Gasteiger partial charge on any atom is -0.480 e. The van der Waals surface area contributed by atoms with Crippen LogP contribution in [0.3, 0.4) is 0 Å². The highest BCUT2D eigenvalue weighted by atomic mass is 16.5. The van der Waals surface area contributed by atoms with Gasteiger partial charge in [-0.05, 0) is 6.92 Å². The van der Waals surface area contributed by atoms with Crippen LogP contribution >= 0.6 is 0 Å². The van der Waals surface area contributed by atoms with E-state index in [0.717, 1.165) is 0 Å². The maximum atomic E-state index is 10.3. The van der Waals surface area contributed by atoms with Crippen LogP contribution in [-0.2, 0) is 10.3 Å². The Kier molecular flexibility index (Phi) is 3.07. The lowest BCUT2D eigenvalue weighted by molar-refractivity contribution is -0.145. The minimum absolute atomic E-state index is 0.113. The number of hydrogen-bond donors (Lipinski definition) is 1. The molecule has 1 N–H and O–H groups in total. The second-order valence-corrected chi connectivity index (χ2v) is 3.93. The van der Waals surface area contributed by atoms with Gasteiger partial charge in [0.25, 0.3) is 0 Å². The number of aromatic nitrogens is 2. The van der Waals surface area contributed by atoms with Crippen molar-refractivity contribution in [2.45, 2.75) is 31.5 Å². The van der Waals surface area contributed by atoms with E-state index < -0.39 is 5.60 Å². The van der Waals surface area contributed by atoms with Gasteiger partial charge in [-0.25, -0.2) is 4.98 Å².